The predicted molar refractivity (Wildman–Crippen MR) is 75.8 cm³/mol. The van der Waals surface area contributed by atoms with E-state index in [-0.39, 0.29) is 5.91 Å². The quantitative estimate of drug-likeness (QED) is 0.837. The van der Waals surface area contributed by atoms with Crippen LogP contribution in [0.1, 0.15) is 40.0 Å². The highest BCUT2D eigenvalue weighted by atomic mass is 16.3. The highest BCUT2D eigenvalue weighted by Crippen LogP contribution is 2.26. The van der Waals surface area contributed by atoms with Crippen LogP contribution in [0.5, 0.6) is 0 Å². The van der Waals surface area contributed by atoms with E-state index in [0.29, 0.717) is 31.5 Å². The lowest BCUT2D eigenvalue weighted by atomic mass is 9.89. The smallest absolute Gasteiger partial charge is 0.236 e. The molecule has 0 radical (unpaired) electrons. The number of piperidine rings is 1. The summed E-state index contributed by atoms with van der Waals surface area (Å²) in [6.07, 6.45) is 3.07. The Labute approximate surface area is 116 Å². The lowest BCUT2D eigenvalue weighted by Crippen LogP contribution is -2.63. The van der Waals surface area contributed by atoms with Gasteiger partial charge in [0.15, 0.2) is 0 Å². The zero-order valence-corrected chi connectivity index (χ0v) is 12.6. The Bertz CT molecular complexity index is 316. The number of carbonyl (C=O) groups excluding carboxylic acids is 1. The SMILES string of the molecule is CCCC1(O)CN(CC(=O)N2CC(C)CC(C)C2)C1. The first-order valence-corrected chi connectivity index (χ1v) is 7.64. The summed E-state index contributed by atoms with van der Waals surface area (Å²) in [4.78, 5) is 16.3. The van der Waals surface area contributed by atoms with E-state index >= 15 is 0 Å². The Hall–Kier alpha value is -0.610. The molecule has 2 unspecified atom stereocenters. The maximum absolute atomic E-state index is 12.3. The average Bonchev–Trinajstić information content (AvgIpc) is 2.25. The zero-order chi connectivity index (χ0) is 14.0. The van der Waals surface area contributed by atoms with Crippen molar-refractivity contribution in [1.82, 2.24) is 9.80 Å². The maximum atomic E-state index is 12.3. The fraction of sp³-hybridized carbons (Fsp3) is 0.933. The molecule has 4 heteroatoms. The molecule has 0 spiro atoms. The van der Waals surface area contributed by atoms with E-state index in [0.717, 1.165) is 25.9 Å². The molecule has 0 aromatic heterocycles. The third-order valence-corrected chi connectivity index (χ3v) is 4.33. The van der Waals surface area contributed by atoms with E-state index in [1.54, 1.807) is 0 Å². The predicted octanol–water partition coefficient (Wildman–Crippen LogP) is 1.34. The van der Waals surface area contributed by atoms with Gasteiger partial charge in [0.2, 0.25) is 5.91 Å². The maximum Gasteiger partial charge on any atom is 0.236 e. The minimum absolute atomic E-state index is 0.233. The van der Waals surface area contributed by atoms with E-state index in [2.05, 4.69) is 25.7 Å². The lowest BCUT2D eigenvalue weighted by molar-refractivity contribution is -0.144. The summed E-state index contributed by atoms with van der Waals surface area (Å²) in [5, 5.41) is 10.1. The summed E-state index contributed by atoms with van der Waals surface area (Å²) >= 11 is 0. The molecular weight excluding hydrogens is 240 g/mol. The van der Waals surface area contributed by atoms with Gasteiger partial charge in [-0.05, 0) is 24.7 Å². The Balaban J connectivity index is 1.76. The van der Waals surface area contributed by atoms with Crippen LogP contribution in [0.15, 0.2) is 0 Å². The first kappa shape index (κ1) is 14.8. The largest absolute Gasteiger partial charge is 0.387 e. The van der Waals surface area contributed by atoms with Gasteiger partial charge in [-0.15, -0.1) is 0 Å². The Kier molecular flexibility index (Phi) is 4.51. The van der Waals surface area contributed by atoms with Gasteiger partial charge in [0.1, 0.15) is 0 Å². The van der Waals surface area contributed by atoms with Crippen molar-refractivity contribution >= 4 is 5.91 Å². The molecule has 0 bridgehead atoms. The molecule has 2 atom stereocenters. The molecule has 0 aliphatic carbocycles. The fourth-order valence-electron chi connectivity index (χ4n) is 3.68. The van der Waals surface area contributed by atoms with E-state index in [4.69, 9.17) is 0 Å². The van der Waals surface area contributed by atoms with Crippen LogP contribution >= 0.6 is 0 Å². The van der Waals surface area contributed by atoms with Crippen LogP contribution in [0.4, 0.5) is 0 Å². The van der Waals surface area contributed by atoms with Crippen molar-refractivity contribution in [3.05, 3.63) is 0 Å². The number of amides is 1. The number of aliphatic hydroxyl groups is 1. The molecule has 2 heterocycles. The summed E-state index contributed by atoms with van der Waals surface area (Å²) in [5.74, 6) is 1.46. The van der Waals surface area contributed by atoms with E-state index in [1.165, 1.54) is 6.42 Å². The highest BCUT2D eigenvalue weighted by Gasteiger charge is 2.41. The number of likely N-dealkylation sites (tertiary alicyclic amines) is 2. The first-order chi connectivity index (χ1) is 8.92. The Morgan fingerprint density at radius 3 is 2.37 bits per heavy atom. The normalized spacial score (nSPS) is 31.1. The number of nitrogens with zero attached hydrogens (tertiary/aromatic N) is 2. The van der Waals surface area contributed by atoms with Gasteiger partial charge in [0.05, 0.1) is 12.1 Å². The average molecular weight is 268 g/mol. The number of rotatable bonds is 4. The van der Waals surface area contributed by atoms with Gasteiger partial charge in [0.25, 0.3) is 0 Å². The van der Waals surface area contributed by atoms with Gasteiger partial charge in [-0.25, -0.2) is 0 Å². The minimum atomic E-state index is -0.530. The molecule has 1 amide bonds. The highest BCUT2D eigenvalue weighted by molar-refractivity contribution is 5.78. The summed E-state index contributed by atoms with van der Waals surface area (Å²) in [6.45, 7) is 10.1. The lowest BCUT2D eigenvalue weighted by Gasteiger charge is -2.47. The van der Waals surface area contributed by atoms with Crippen LogP contribution in [-0.4, -0.2) is 59.1 Å². The molecule has 19 heavy (non-hydrogen) atoms. The molecule has 2 saturated heterocycles. The van der Waals surface area contributed by atoms with Gasteiger partial charge >= 0.3 is 0 Å². The monoisotopic (exact) mass is 268 g/mol. The molecule has 0 aromatic carbocycles. The van der Waals surface area contributed by atoms with Crippen molar-refractivity contribution < 1.29 is 9.90 Å². The third kappa shape index (κ3) is 3.69. The number of β-amino-alcohol motifs (C(OH)–C–C–N with tert-alkyl or cyclic N) is 1. The molecule has 2 aliphatic heterocycles. The van der Waals surface area contributed by atoms with Gasteiger partial charge in [0, 0.05) is 26.2 Å². The van der Waals surface area contributed by atoms with E-state index in [1.807, 2.05) is 4.90 Å². The molecular formula is C15H28N2O2. The molecule has 2 rings (SSSR count). The summed E-state index contributed by atoms with van der Waals surface area (Å²) in [7, 11) is 0. The van der Waals surface area contributed by atoms with Crippen LogP contribution in [0, 0.1) is 11.8 Å². The van der Waals surface area contributed by atoms with Crippen LogP contribution in [0.25, 0.3) is 0 Å². The Morgan fingerprint density at radius 2 is 1.84 bits per heavy atom. The van der Waals surface area contributed by atoms with Crippen LogP contribution in [-0.2, 0) is 4.79 Å². The van der Waals surface area contributed by atoms with Crippen molar-refractivity contribution in [3.8, 4) is 0 Å². The number of hydrogen-bond acceptors (Lipinski definition) is 3. The van der Waals surface area contributed by atoms with Gasteiger partial charge < -0.3 is 10.0 Å². The fourth-order valence-corrected chi connectivity index (χ4v) is 3.68. The zero-order valence-electron chi connectivity index (χ0n) is 12.6. The molecule has 110 valence electrons. The van der Waals surface area contributed by atoms with Crippen molar-refractivity contribution in [3.63, 3.8) is 0 Å². The number of carbonyl (C=O) groups is 1. The molecule has 4 nitrogen and oxygen atoms in total. The first-order valence-electron chi connectivity index (χ1n) is 7.64. The van der Waals surface area contributed by atoms with Gasteiger partial charge in [-0.3, -0.25) is 9.69 Å². The number of hydrogen-bond donors (Lipinski definition) is 1. The van der Waals surface area contributed by atoms with Gasteiger partial charge in [-0.1, -0.05) is 27.2 Å². The second-order valence-corrected chi connectivity index (χ2v) is 6.86. The van der Waals surface area contributed by atoms with Crippen molar-refractivity contribution in [2.45, 2.75) is 45.6 Å². The van der Waals surface area contributed by atoms with Crippen molar-refractivity contribution in [1.29, 1.82) is 0 Å². The van der Waals surface area contributed by atoms with Crippen LogP contribution in [0.3, 0.4) is 0 Å². The summed E-state index contributed by atoms with van der Waals surface area (Å²) in [5.41, 5.74) is -0.530. The van der Waals surface area contributed by atoms with Crippen LogP contribution < -0.4 is 0 Å². The van der Waals surface area contributed by atoms with Gasteiger partial charge in [-0.2, -0.15) is 0 Å². The molecule has 0 aromatic rings. The van der Waals surface area contributed by atoms with E-state index in [9.17, 15) is 9.90 Å². The Morgan fingerprint density at radius 1 is 1.26 bits per heavy atom. The third-order valence-electron chi connectivity index (χ3n) is 4.33. The van der Waals surface area contributed by atoms with Crippen LogP contribution in [0.2, 0.25) is 0 Å². The standard InChI is InChI=1S/C15H28N2O2/c1-4-5-15(19)10-16(11-15)9-14(18)17-7-12(2)6-13(3)8-17/h12-13,19H,4-11H2,1-3H3. The molecule has 2 fully saturated rings. The molecule has 2 aliphatic rings. The minimum Gasteiger partial charge on any atom is -0.387 e. The second-order valence-electron chi connectivity index (χ2n) is 6.86. The topological polar surface area (TPSA) is 43.8 Å². The summed E-state index contributed by atoms with van der Waals surface area (Å²) < 4.78 is 0. The van der Waals surface area contributed by atoms with Crippen molar-refractivity contribution in [2.75, 3.05) is 32.7 Å². The molecule has 0 saturated carbocycles. The summed E-state index contributed by atoms with van der Waals surface area (Å²) in [6, 6.07) is 0. The molecule has 1 N–H and O–H groups in total. The van der Waals surface area contributed by atoms with Crippen molar-refractivity contribution in [2.24, 2.45) is 11.8 Å². The van der Waals surface area contributed by atoms with E-state index < -0.39 is 5.60 Å². The second kappa shape index (κ2) is 5.80.